The van der Waals surface area contributed by atoms with Gasteiger partial charge in [0.1, 0.15) is 0 Å². The Morgan fingerprint density at radius 2 is 2.05 bits per heavy atom. The van der Waals surface area contributed by atoms with Gasteiger partial charge in [-0.2, -0.15) is 0 Å². The molecule has 1 amide bonds. The summed E-state index contributed by atoms with van der Waals surface area (Å²) in [5, 5.41) is 0.559. The average Bonchev–Trinajstić information content (AvgIpc) is 2.39. The minimum atomic E-state index is -0.0141. The van der Waals surface area contributed by atoms with Crippen LogP contribution in [0.2, 0.25) is 5.02 Å². The van der Waals surface area contributed by atoms with Crippen LogP contribution in [-0.4, -0.2) is 24.4 Å². The van der Waals surface area contributed by atoms with E-state index in [1.165, 1.54) is 32.1 Å². The van der Waals surface area contributed by atoms with Crippen LogP contribution in [-0.2, 0) is 0 Å². The summed E-state index contributed by atoms with van der Waals surface area (Å²) in [6.07, 6.45) is 6.37. The van der Waals surface area contributed by atoms with Gasteiger partial charge < -0.3 is 10.6 Å². The molecule has 1 aliphatic rings. The topological polar surface area (TPSA) is 46.3 Å². The van der Waals surface area contributed by atoms with E-state index in [-0.39, 0.29) is 5.91 Å². The summed E-state index contributed by atoms with van der Waals surface area (Å²) in [6, 6.07) is 5.04. The number of amides is 1. The van der Waals surface area contributed by atoms with Crippen molar-refractivity contribution in [3.8, 4) is 0 Å². The molecule has 0 spiro atoms. The molecule has 1 fully saturated rings. The maximum absolute atomic E-state index is 12.4. The van der Waals surface area contributed by atoms with Gasteiger partial charge in [0.05, 0.1) is 5.56 Å². The lowest BCUT2D eigenvalue weighted by atomic mass is 9.89. The number of nitrogens with two attached hydrogens (primary N) is 1. The smallest absolute Gasteiger partial charge is 0.255 e. The second-order valence-electron chi connectivity index (χ2n) is 5.42. The van der Waals surface area contributed by atoms with Gasteiger partial charge in [0, 0.05) is 24.3 Å². The molecule has 0 unspecified atom stereocenters. The van der Waals surface area contributed by atoms with E-state index in [0.717, 1.165) is 6.54 Å². The zero-order chi connectivity index (χ0) is 13.8. The van der Waals surface area contributed by atoms with Crippen molar-refractivity contribution in [3.05, 3.63) is 28.8 Å². The van der Waals surface area contributed by atoms with E-state index >= 15 is 0 Å². The van der Waals surface area contributed by atoms with Crippen LogP contribution in [0.4, 0.5) is 5.69 Å². The second kappa shape index (κ2) is 6.29. The fourth-order valence-electron chi connectivity index (χ4n) is 2.77. The molecule has 1 aromatic rings. The van der Waals surface area contributed by atoms with Gasteiger partial charge in [-0.1, -0.05) is 30.9 Å². The lowest BCUT2D eigenvalue weighted by Crippen LogP contribution is -2.33. The molecular formula is C15H21ClN2O. The van der Waals surface area contributed by atoms with Crippen molar-refractivity contribution in [1.29, 1.82) is 0 Å². The van der Waals surface area contributed by atoms with Crippen LogP contribution < -0.4 is 5.73 Å². The number of hydrogen-bond acceptors (Lipinski definition) is 2. The van der Waals surface area contributed by atoms with Crippen LogP contribution in [0.5, 0.6) is 0 Å². The van der Waals surface area contributed by atoms with E-state index in [1.54, 1.807) is 23.1 Å². The Kier molecular flexibility index (Phi) is 4.70. The van der Waals surface area contributed by atoms with Gasteiger partial charge in [-0.05, 0) is 37.0 Å². The second-order valence-corrected chi connectivity index (χ2v) is 5.86. The van der Waals surface area contributed by atoms with Crippen molar-refractivity contribution in [3.63, 3.8) is 0 Å². The van der Waals surface area contributed by atoms with Gasteiger partial charge in [0.25, 0.3) is 5.91 Å². The van der Waals surface area contributed by atoms with Crippen LogP contribution >= 0.6 is 11.6 Å². The predicted molar refractivity (Wildman–Crippen MR) is 79.4 cm³/mol. The normalized spacial score (nSPS) is 16.3. The minimum Gasteiger partial charge on any atom is -0.398 e. The maximum atomic E-state index is 12.4. The van der Waals surface area contributed by atoms with Gasteiger partial charge in [0.2, 0.25) is 0 Å². The minimum absolute atomic E-state index is 0.0141. The Labute approximate surface area is 119 Å². The van der Waals surface area contributed by atoms with Crippen molar-refractivity contribution in [1.82, 2.24) is 4.90 Å². The number of rotatable bonds is 3. The summed E-state index contributed by atoms with van der Waals surface area (Å²) in [4.78, 5) is 14.1. The highest BCUT2D eigenvalue weighted by Gasteiger charge is 2.20. The summed E-state index contributed by atoms with van der Waals surface area (Å²) in [5.41, 5.74) is 6.86. The zero-order valence-electron chi connectivity index (χ0n) is 11.4. The fourth-order valence-corrected chi connectivity index (χ4v) is 2.95. The third kappa shape index (κ3) is 3.63. The SMILES string of the molecule is CN(CC1CCCCC1)C(=O)c1ccc(Cl)cc1N. The predicted octanol–water partition coefficient (Wildman–Crippen LogP) is 3.57. The Morgan fingerprint density at radius 1 is 1.37 bits per heavy atom. The largest absolute Gasteiger partial charge is 0.398 e. The molecule has 104 valence electrons. The highest BCUT2D eigenvalue weighted by atomic mass is 35.5. The van der Waals surface area contributed by atoms with Crippen molar-refractivity contribution < 1.29 is 4.79 Å². The van der Waals surface area contributed by atoms with Crippen LogP contribution in [0.15, 0.2) is 18.2 Å². The van der Waals surface area contributed by atoms with Gasteiger partial charge >= 0.3 is 0 Å². The average molecular weight is 281 g/mol. The van der Waals surface area contributed by atoms with Crippen LogP contribution in [0, 0.1) is 5.92 Å². The van der Waals surface area contributed by atoms with Gasteiger partial charge in [-0.15, -0.1) is 0 Å². The highest BCUT2D eigenvalue weighted by Crippen LogP contribution is 2.25. The first-order chi connectivity index (χ1) is 9.08. The molecule has 0 aromatic heterocycles. The monoisotopic (exact) mass is 280 g/mol. The van der Waals surface area contributed by atoms with E-state index in [9.17, 15) is 4.79 Å². The van der Waals surface area contributed by atoms with Gasteiger partial charge in [0.15, 0.2) is 0 Å². The van der Waals surface area contributed by atoms with Crippen LogP contribution in [0.3, 0.4) is 0 Å². The zero-order valence-corrected chi connectivity index (χ0v) is 12.1. The van der Waals surface area contributed by atoms with Gasteiger partial charge in [-0.25, -0.2) is 0 Å². The molecule has 0 aliphatic heterocycles. The number of halogens is 1. The molecule has 0 heterocycles. The first-order valence-electron chi connectivity index (χ1n) is 6.88. The molecule has 0 bridgehead atoms. The molecule has 2 N–H and O–H groups in total. The molecule has 0 atom stereocenters. The Morgan fingerprint density at radius 3 is 2.68 bits per heavy atom. The summed E-state index contributed by atoms with van der Waals surface area (Å²) in [7, 11) is 1.85. The first kappa shape index (κ1) is 14.2. The standard InChI is InChI=1S/C15H21ClN2O/c1-18(10-11-5-3-2-4-6-11)15(19)13-8-7-12(16)9-14(13)17/h7-9,11H,2-6,10,17H2,1H3. The maximum Gasteiger partial charge on any atom is 0.255 e. The summed E-state index contributed by atoms with van der Waals surface area (Å²) in [5.74, 6) is 0.621. The van der Waals surface area contributed by atoms with E-state index in [4.69, 9.17) is 17.3 Å². The number of carbonyl (C=O) groups excluding carboxylic acids is 1. The van der Waals surface area contributed by atoms with E-state index in [2.05, 4.69) is 0 Å². The fraction of sp³-hybridized carbons (Fsp3) is 0.533. The molecule has 19 heavy (non-hydrogen) atoms. The molecule has 1 aromatic carbocycles. The number of anilines is 1. The van der Waals surface area contributed by atoms with Crippen LogP contribution in [0.1, 0.15) is 42.5 Å². The molecule has 2 rings (SSSR count). The number of nitrogen functional groups attached to an aromatic ring is 1. The molecule has 1 saturated carbocycles. The van der Waals surface area contributed by atoms with Gasteiger partial charge in [-0.3, -0.25) is 4.79 Å². The van der Waals surface area contributed by atoms with Crippen molar-refractivity contribution in [2.75, 3.05) is 19.3 Å². The molecule has 0 radical (unpaired) electrons. The van der Waals surface area contributed by atoms with Crippen molar-refractivity contribution in [2.45, 2.75) is 32.1 Å². The lowest BCUT2D eigenvalue weighted by Gasteiger charge is -2.27. The molecule has 0 saturated heterocycles. The molecule has 3 nitrogen and oxygen atoms in total. The van der Waals surface area contributed by atoms with E-state index in [1.807, 2.05) is 7.05 Å². The number of nitrogens with zero attached hydrogens (tertiary/aromatic N) is 1. The lowest BCUT2D eigenvalue weighted by molar-refractivity contribution is 0.0761. The number of benzene rings is 1. The third-order valence-corrected chi connectivity index (χ3v) is 4.08. The summed E-state index contributed by atoms with van der Waals surface area (Å²) in [6.45, 7) is 0.820. The van der Waals surface area contributed by atoms with Crippen molar-refractivity contribution >= 4 is 23.2 Å². The quantitative estimate of drug-likeness (QED) is 0.860. The molecule has 1 aliphatic carbocycles. The van der Waals surface area contributed by atoms with E-state index in [0.29, 0.717) is 22.2 Å². The van der Waals surface area contributed by atoms with E-state index < -0.39 is 0 Å². The number of hydrogen-bond donors (Lipinski definition) is 1. The first-order valence-corrected chi connectivity index (χ1v) is 7.26. The molecule has 4 heteroatoms. The Bertz CT molecular complexity index is 455. The van der Waals surface area contributed by atoms with Crippen molar-refractivity contribution in [2.24, 2.45) is 5.92 Å². The summed E-state index contributed by atoms with van der Waals surface area (Å²) >= 11 is 5.85. The molecular weight excluding hydrogens is 260 g/mol. The third-order valence-electron chi connectivity index (χ3n) is 3.85. The summed E-state index contributed by atoms with van der Waals surface area (Å²) < 4.78 is 0. The Hall–Kier alpha value is -1.22. The van der Waals surface area contributed by atoms with Crippen LogP contribution in [0.25, 0.3) is 0 Å². The highest BCUT2D eigenvalue weighted by molar-refractivity contribution is 6.31. The number of carbonyl (C=O) groups is 1. The Balaban J connectivity index is 2.01.